The van der Waals surface area contributed by atoms with Gasteiger partial charge in [-0.05, 0) is 13.0 Å². The van der Waals surface area contributed by atoms with E-state index in [1.807, 2.05) is 6.92 Å². The lowest BCUT2D eigenvalue weighted by Gasteiger charge is -2.11. The summed E-state index contributed by atoms with van der Waals surface area (Å²) in [6.45, 7) is 3.33. The smallest absolute Gasteiger partial charge is 0.357 e. The molecule has 0 saturated carbocycles. The first-order valence-corrected chi connectivity index (χ1v) is 9.39. The third kappa shape index (κ3) is 5.52. The minimum atomic E-state index is -4.41. The maximum Gasteiger partial charge on any atom is 0.434 e. The Morgan fingerprint density at radius 2 is 2.08 bits per heavy atom. The number of guanidine groups is 1. The number of aliphatic imine (C=N–C) groups is 1. The van der Waals surface area contributed by atoms with Crippen LogP contribution in [0.15, 0.2) is 16.4 Å². The third-order valence-corrected chi connectivity index (χ3v) is 5.18. The molecule has 0 aliphatic heterocycles. The number of thiazole rings is 1. The highest BCUT2D eigenvalue weighted by atomic mass is 35.5. The number of hydrogen-bond acceptors (Lipinski definition) is 3. The first-order valence-electron chi connectivity index (χ1n) is 7.75. The molecule has 0 spiro atoms. The topological polar surface area (TPSA) is 54.2 Å². The summed E-state index contributed by atoms with van der Waals surface area (Å²) in [5, 5.41) is 8.50. The Bertz CT molecular complexity index is 770. The summed E-state index contributed by atoms with van der Waals surface area (Å²) in [6.07, 6.45) is -4.04. The van der Waals surface area contributed by atoms with Crippen molar-refractivity contribution in [2.75, 3.05) is 13.1 Å². The molecule has 0 aliphatic carbocycles. The quantitative estimate of drug-likeness (QED) is 0.538. The van der Waals surface area contributed by atoms with Crippen LogP contribution in [0.1, 0.15) is 23.3 Å². The summed E-state index contributed by atoms with van der Waals surface area (Å²) in [5.41, 5.74) is -0.0116. The molecule has 5 nitrogen and oxygen atoms in total. The number of nitrogens with zero attached hydrogens (tertiary/aromatic N) is 3. The second-order valence-corrected chi connectivity index (χ2v) is 7.04. The summed E-state index contributed by atoms with van der Waals surface area (Å²) >= 11 is 13.0. The summed E-state index contributed by atoms with van der Waals surface area (Å²) in [5.74, 6) is 0.550. The summed E-state index contributed by atoms with van der Waals surface area (Å²) in [6, 6.07) is 1.74. The maximum absolute atomic E-state index is 12.6. The zero-order valence-corrected chi connectivity index (χ0v) is 16.5. The van der Waals surface area contributed by atoms with E-state index in [0.29, 0.717) is 47.2 Å². The Kier molecular flexibility index (Phi) is 7.19. The van der Waals surface area contributed by atoms with Gasteiger partial charge in [-0.15, -0.1) is 11.3 Å². The molecule has 0 fully saturated rings. The van der Waals surface area contributed by atoms with Crippen LogP contribution in [0, 0.1) is 0 Å². The van der Waals surface area contributed by atoms with E-state index in [1.54, 1.807) is 17.7 Å². The molecule has 0 unspecified atom stereocenters. The number of nitrogens with one attached hydrogen (secondary N) is 2. The third-order valence-electron chi connectivity index (χ3n) is 3.43. The van der Waals surface area contributed by atoms with E-state index in [-0.39, 0.29) is 0 Å². The van der Waals surface area contributed by atoms with Crippen LogP contribution in [-0.2, 0) is 26.2 Å². The predicted octanol–water partition coefficient (Wildman–Crippen LogP) is 4.11. The van der Waals surface area contributed by atoms with E-state index in [2.05, 4.69) is 20.6 Å². The zero-order valence-electron chi connectivity index (χ0n) is 14.1. The van der Waals surface area contributed by atoms with E-state index in [4.69, 9.17) is 23.2 Å². The van der Waals surface area contributed by atoms with Crippen LogP contribution in [-0.4, -0.2) is 28.6 Å². The Morgan fingerprint density at radius 3 is 2.62 bits per heavy atom. The van der Waals surface area contributed by atoms with Crippen molar-refractivity contribution in [3.8, 4) is 0 Å². The molecule has 144 valence electrons. The summed E-state index contributed by atoms with van der Waals surface area (Å²) in [4.78, 5) is 8.04. The molecule has 2 heterocycles. The highest BCUT2D eigenvalue weighted by molar-refractivity contribution is 7.09. The fourth-order valence-electron chi connectivity index (χ4n) is 2.09. The number of rotatable bonds is 6. The fraction of sp³-hybridized carbons (Fsp3) is 0.467. The fourth-order valence-corrected chi connectivity index (χ4v) is 3.31. The molecule has 0 bridgehead atoms. The summed E-state index contributed by atoms with van der Waals surface area (Å²) in [7, 11) is 1.79. The number of aromatic nitrogens is 2. The van der Waals surface area contributed by atoms with Gasteiger partial charge in [0.05, 0.1) is 16.6 Å². The molecule has 2 aromatic heterocycles. The van der Waals surface area contributed by atoms with Crippen molar-refractivity contribution in [3.63, 3.8) is 0 Å². The van der Waals surface area contributed by atoms with Gasteiger partial charge in [-0.2, -0.15) is 13.2 Å². The van der Waals surface area contributed by atoms with Gasteiger partial charge in [0.15, 0.2) is 11.7 Å². The first-order chi connectivity index (χ1) is 12.2. The van der Waals surface area contributed by atoms with Crippen molar-refractivity contribution in [1.82, 2.24) is 20.2 Å². The molecule has 0 saturated heterocycles. The first kappa shape index (κ1) is 20.9. The highest BCUT2D eigenvalue weighted by Crippen LogP contribution is 2.30. The van der Waals surface area contributed by atoms with Crippen LogP contribution >= 0.6 is 34.5 Å². The highest BCUT2D eigenvalue weighted by Gasteiger charge is 2.33. The van der Waals surface area contributed by atoms with Gasteiger partial charge in [0, 0.05) is 37.6 Å². The Hall–Kier alpha value is -1.45. The van der Waals surface area contributed by atoms with Gasteiger partial charge in [-0.25, -0.2) is 9.98 Å². The van der Waals surface area contributed by atoms with E-state index < -0.39 is 11.9 Å². The van der Waals surface area contributed by atoms with Crippen molar-refractivity contribution < 1.29 is 13.2 Å². The standard InChI is InChI=1S/C15H18Cl2F3N5S/c1-3-21-14(23-7-9-6-10(16)13(17)25(9)2)22-5-4-12-24-11(8-26-12)15(18,19)20/h6,8H,3-5,7H2,1-2H3,(H2,21,22,23). The average Bonchev–Trinajstić information content (AvgIpc) is 3.14. The normalized spacial score (nSPS) is 12.5. The second-order valence-electron chi connectivity index (χ2n) is 5.33. The van der Waals surface area contributed by atoms with E-state index >= 15 is 0 Å². The SMILES string of the molecule is CCNC(=NCc1cc(Cl)c(Cl)n1C)NCCc1nc(C(F)(F)F)cs1. The molecule has 0 aliphatic rings. The van der Waals surface area contributed by atoms with Gasteiger partial charge in [0.25, 0.3) is 0 Å². The maximum atomic E-state index is 12.6. The minimum absolute atomic E-state index is 0.355. The van der Waals surface area contributed by atoms with Crippen molar-refractivity contribution in [3.05, 3.63) is 38.0 Å². The second kappa shape index (κ2) is 8.96. The Labute approximate surface area is 163 Å². The minimum Gasteiger partial charge on any atom is -0.357 e. The lowest BCUT2D eigenvalue weighted by atomic mass is 10.4. The number of alkyl halides is 3. The van der Waals surface area contributed by atoms with Crippen molar-refractivity contribution in [2.24, 2.45) is 12.0 Å². The van der Waals surface area contributed by atoms with Crippen LogP contribution in [0.25, 0.3) is 0 Å². The summed E-state index contributed by atoms with van der Waals surface area (Å²) < 4.78 is 39.4. The van der Waals surface area contributed by atoms with Crippen LogP contribution in [0.2, 0.25) is 10.2 Å². The van der Waals surface area contributed by atoms with Crippen LogP contribution < -0.4 is 10.6 Å². The predicted molar refractivity (Wildman–Crippen MR) is 99.1 cm³/mol. The van der Waals surface area contributed by atoms with Gasteiger partial charge in [-0.1, -0.05) is 23.2 Å². The van der Waals surface area contributed by atoms with Crippen LogP contribution in [0.3, 0.4) is 0 Å². The molecule has 2 rings (SSSR count). The van der Waals surface area contributed by atoms with Gasteiger partial charge in [0.1, 0.15) is 5.15 Å². The lowest BCUT2D eigenvalue weighted by molar-refractivity contribution is -0.140. The van der Waals surface area contributed by atoms with Crippen molar-refractivity contribution in [1.29, 1.82) is 0 Å². The van der Waals surface area contributed by atoms with Gasteiger partial charge in [0.2, 0.25) is 0 Å². The molecule has 0 atom stereocenters. The van der Waals surface area contributed by atoms with E-state index in [0.717, 1.165) is 22.4 Å². The molecule has 0 radical (unpaired) electrons. The molecule has 0 amide bonds. The molecule has 11 heteroatoms. The average molecular weight is 428 g/mol. The number of hydrogen-bond donors (Lipinski definition) is 2. The Balaban J connectivity index is 1.93. The van der Waals surface area contributed by atoms with Crippen LogP contribution in [0.4, 0.5) is 13.2 Å². The Morgan fingerprint density at radius 1 is 1.35 bits per heavy atom. The number of halogens is 5. The zero-order chi connectivity index (χ0) is 19.3. The molecule has 26 heavy (non-hydrogen) atoms. The van der Waals surface area contributed by atoms with Crippen molar-refractivity contribution >= 4 is 40.5 Å². The largest absolute Gasteiger partial charge is 0.434 e. The van der Waals surface area contributed by atoms with Crippen LogP contribution in [0.5, 0.6) is 0 Å². The molecule has 0 aromatic carbocycles. The molecular weight excluding hydrogens is 410 g/mol. The van der Waals surface area contributed by atoms with Crippen molar-refractivity contribution in [2.45, 2.75) is 26.1 Å². The molecular formula is C15H18Cl2F3N5S. The van der Waals surface area contributed by atoms with Gasteiger partial charge < -0.3 is 15.2 Å². The lowest BCUT2D eigenvalue weighted by Crippen LogP contribution is -2.38. The van der Waals surface area contributed by atoms with E-state index in [9.17, 15) is 13.2 Å². The molecule has 2 aromatic rings. The van der Waals surface area contributed by atoms with Gasteiger partial charge in [-0.3, -0.25) is 0 Å². The van der Waals surface area contributed by atoms with Gasteiger partial charge >= 0.3 is 6.18 Å². The van der Waals surface area contributed by atoms with E-state index in [1.165, 1.54) is 0 Å². The monoisotopic (exact) mass is 427 g/mol. The molecule has 2 N–H and O–H groups in total.